The van der Waals surface area contributed by atoms with Gasteiger partial charge < -0.3 is 4.74 Å². The third-order valence-electron chi connectivity index (χ3n) is 7.74. The van der Waals surface area contributed by atoms with E-state index in [4.69, 9.17) is 4.74 Å². The zero-order chi connectivity index (χ0) is 23.4. The number of hydrogen-bond donors (Lipinski definition) is 0. The highest BCUT2D eigenvalue weighted by molar-refractivity contribution is 9.10. The number of esters is 1. The van der Waals surface area contributed by atoms with Gasteiger partial charge in [-0.1, -0.05) is 33.6 Å². The van der Waals surface area contributed by atoms with Crippen LogP contribution in [0.1, 0.15) is 50.5 Å². The third-order valence-corrected chi connectivity index (χ3v) is 10.5. The van der Waals surface area contributed by atoms with Gasteiger partial charge in [0.25, 0.3) is 10.0 Å². The van der Waals surface area contributed by atoms with E-state index in [1.807, 2.05) is 6.92 Å². The number of nitrogens with zero attached hydrogens (tertiary/aromatic N) is 1. The van der Waals surface area contributed by atoms with Crippen molar-refractivity contribution in [2.75, 3.05) is 11.4 Å². The number of hydrogen-bond acceptors (Lipinski definition) is 4. The Labute approximate surface area is 204 Å². The Morgan fingerprint density at radius 3 is 2.21 bits per heavy atom. The van der Waals surface area contributed by atoms with Crippen molar-refractivity contribution >= 4 is 37.6 Å². The van der Waals surface area contributed by atoms with Crippen molar-refractivity contribution in [2.45, 2.75) is 61.1 Å². The SMILES string of the molecule is Cc1ccc(S(=O)(=O)N(C)c2ccc(OC(=O)CC34C[C@@H]5C[C@H](CC(Br)(C5)C3)C4)cc2)cc1. The second-order valence-corrected chi connectivity index (χ2v) is 14.2. The molecule has 0 unspecified atom stereocenters. The van der Waals surface area contributed by atoms with Gasteiger partial charge in [-0.05, 0) is 99.1 Å². The fourth-order valence-corrected chi connectivity index (χ4v) is 9.45. The molecule has 2 aromatic rings. The van der Waals surface area contributed by atoms with Gasteiger partial charge in [0.15, 0.2) is 0 Å². The molecule has 4 aliphatic rings. The van der Waals surface area contributed by atoms with Crippen molar-refractivity contribution in [3.05, 3.63) is 54.1 Å². The molecule has 0 N–H and O–H groups in total. The highest BCUT2D eigenvalue weighted by Gasteiger charge is 2.57. The molecular weight excluding hydrogens is 502 g/mol. The van der Waals surface area contributed by atoms with Gasteiger partial charge in [-0.15, -0.1) is 0 Å². The third kappa shape index (κ3) is 4.46. The molecule has 2 atom stereocenters. The Balaban J connectivity index is 1.25. The van der Waals surface area contributed by atoms with E-state index in [0.717, 1.165) is 36.7 Å². The summed E-state index contributed by atoms with van der Waals surface area (Å²) in [6.45, 7) is 1.92. The van der Waals surface area contributed by atoms with Gasteiger partial charge in [-0.25, -0.2) is 8.42 Å². The summed E-state index contributed by atoms with van der Waals surface area (Å²) in [6.07, 6.45) is 7.56. The molecule has 0 amide bonds. The highest BCUT2D eigenvalue weighted by atomic mass is 79.9. The Kier molecular flexibility index (Phi) is 5.64. The summed E-state index contributed by atoms with van der Waals surface area (Å²) in [7, 11) is -2.13. The van der Waals surface area contributed by atoms with E-state index in [-0.39, 0.29) is 20.6 Å². The predicted molar refractivity (Wildman–Crippen MR) is 132 cm³/mol. The van der Waals surface area contributed by atoms with Crippen LogP contribution in [0.15, 0.2) is 53.4 Å². The highest BCUT2D eigenvalue weighted by Crippen LogP contribution is 2.65. The van der Waals surface area contributed by atoms with E-state index in [9.17, 15) is 13.2 Å². The van der Waals surface area contributed by atoms with Gasteiger partial charge in [-0.3, -0.25) is 9.10 Å². The minimum atomic E-state index is -3.66. The molecule has 4 fully saturated rings. The second-order valence-electron chi connectivity index (χ2n) is 10.5. The van der Waals surface area contributed by atoms with Crippen LogP contribution in [0.2, 0.25) is 0 Å². The number of rotatable bonds is 6. The van der Waals surface area contributed by atoms with Crippen molar-refractivity contribution in [3.8, 4) is 5.75 Å². The molecular formula is C26H30BrNO4S. The Bertz CT molecular complexity index is 1150. The van der Waals surface area contributed by atoms with Crippen molar-refractivity contribution in [2.24, 2.45) is 17.3 Å². The first-order valence-corrected chi connectivity index (χ1v) is 13.8. The average molecular weight is 533 g/mol. The van der Waals surface area contributed by atoms with Gasteiger partial charge in [-0.2, -0.15) is 0 Å². The smallest absolute Gasteiger partial charge is 0.311 e. The van der Waals surface area contributed by atoms with E-state index in [0.29, 0.717) is 17.9 Å². The molecule has 5 nitrogen and oxygen atoms in total. The average Bonchev–Trinajstić information content (AvgIpc) is 2.72. The van der Waals surface area contributed by atoms with Gasteiger partial charge in [0.05, 0.1) is 17.0 Å². The minimum Gasteiger partial charge on any atom is -0.427 e. The summed E-state index contributed by atoms with van der Waals surface area (Å²) >= 11 is 4.00. The summed E-state index contributed by atoms with van der Waals surface area (Å²) in [5.74, 6) is 1.71. The molecule has 33 heavy (non-hydrogen) atoms. The zero-order valence-electron chi connectivity index (χ0n) is 19.1. The molecule has 176 valence electrons. The molecule has 2 aromatic carbocycles. The molecule has 4 bridgehead atoms. The summed E-state index contributed by atoms with van der Waals surface area (Å²) in [4.78, 5) is 13.1. The molecule has 4 aliphatic carbocycles. The lowest BCUT2D eigenvalue weighted by Gasteiger charge is -2.60. The molecule has 0 heterocycles. The van der Waals surface area contributed by atoms with Crippen LogP contribution in [-0.2, 0) is 14.8 Å². The van der Waals surface area contributed by atoms with E-state index < -0.39 is 10.0 Å². The largest absolute Gasteiger partial charge is 0.427 e. The van der Waals surface area contributed by atoms with Gasteiger partial charge in [0, 0.05) is 11.4 Å². The van der Waals surface area contributed by atoms with Gasteiger partial charge >= 0.3 is 5.97 Å². The lowest BCUT2D eigenvalue weighted by molar-refractivity contribution is -0.141. The number of aryl methyl sites for hydroxylation is 1. The molecule has 0 aliphatic heterocycles. The summed E-state index contributed by atoms with van der Waals surface area (Å²) in [6, 6.07) is 13.5. The Morgan fingerprint density at radius 1 is 1.03 bits per heavy atom. The number of sulfonamides is 1. The van der Waals surface area contributed by atoms with Gasteiger partial charge in [0.2, 0.25) is 0 Å². The first-order valence-electron chi connectivity index (χ1n) is 11.6. The lowest BCUT2D eigenvalue weighted by Crippen LogP contribution is -2.53. The maximum absolute atomic E-state index is 12.9. The van der Waals surface area contributed by atoms with Crippen molar-refractivity contribution in [1.29, 1.82) is 0 Å². The monoisotopic (exact) mass is 531 g/mol. The fraction of sp³-hybridized carbons (Fsp3) is 0.500. The normalized spacial score (nSPS) is 30.3. The molecule has 4 saturated carbocycles. The van der Waals surface area contributed by atoms with Crippen LogP contribution in [0.4, 0.5) is 5.69 Å². The van der Waals surface area contributed by atoms with E-state index in [1.54, 1.807) is 48.5 Å². The topological polar surface area (TPSA) is 63.7 Å². The quantitative estimate of drug-likeness (QED) is 0.266. The Hall–Kier alpha value is -1.86. The van der Waals surface area contributed by atoms with E-state index in [2.05, 4.69) is 15.9 Å². The standard InChI is InChI=1S/C26H30BrNO4S/c1-18-3-9-23(10-4-18)33(30,31)28(2)21-5-7-22(8-6-21)32-24(29)16-25-12-19-11-20(13-25)15-26(27,14-19)17-25/h3-10,19-20H,11-17H2,1-2H3/t19-,20-,25?,26?/m0/s1. The van der Waals surface area contributed by atoms with Crippen LogP contribution < -0.4 is 9.04 Å². The molecule has 0 radical (unpaired) electrons. The predicted octanol–water partition coefficient (Wildman–Crippen LogP) is 5.85. The first-order chi connectivity index (χ1) is 15.6. The van der Waals surface area contributed by atoms with Crippen LogP contribution >= 0.6 is 15.9 Å². The van der Waals surface area contributed by atoms with Crippen LogP contribution in [0.5, 0.6) is 5.75 Å². The first kappa shape index (κ1) is 22.9. The number of benzene rings is 2. The van der Waals surface area contributed by atoms with Crippen LogP contribution in [0.25, 0.3) is 0 Å². The number of halogens is 1. The van der Waals surface area contributed by atoms with Crippen molar-refractivity contribution in [1.82, 2.24) is 0 Å². The number of anilines is 1. The van der Waals surface area contributed by atoms with E-state index in [1.165, 1.54) is 30.6 Å². The van der Waals surface area contributed by atoms with E-state index >= 15 is 0 Å². The number of carbonyl (C=O) groups excluding carboxylic acids is 1. The maximum Gasteiger partial charge on any atom is 0.311 e. The van der Waals surface area contributed by atoms with Crippen LogP contribution in [0.3, 0.4) is 0 Å². The zero-order valence-corrected chi connectivity index (χ0v) is 21.5. The number of ether oxygens (including phenoxy) is 1. The number of carbonyl (C=O) groups is 1. The molecule has 0 saturated heterocycles. The molecule has 7 heteroatoms. The summed E-state index contributed by atoms with van der Waals surface area (Å²) in [5.41, 5.74) is 1.58. The summed E-state index contributed by atoms with van der Waals surface area (Å²) in [5, 5.41) is 0. The molecule has 0 spiro atoms. The molecule has 0 aromatic heterocycles. The lowest BCUT2D eigenvalue weighted by atomic mass is 9.49. The second kappa shape index (κ2) is 8.12. The van der Waals surface area contributed by atoms with Gasteiger partial charge in [0.1, 0.15) is 5.75 Å². The minimum absolute atomic E-state index is 0.0624. The molecule has 6 rings (SSSR count). The van der Waals surface area contributed by atoms with Crippen LogP contribution in [0, 0.1) is 24.2 Å². The van der Waals surface area contributed by atoms with Crippen molar-refractivity contribution < 1.29 is 17.9 Å². The van der Waals surface area contributed by atoms with Crippen molar-refractivity contribution in [3.63, 3.8) is 0 Å². The van der Waals surface area contributed by atoms with Crippen LogP contribution in [-0.4, -0.2) is 25.8 Å². The fourth-order valence-electron chi connectivity index (χ4n) is 6.75. The Morgan fingerprint density at radius 2 is 1.64 bits per heavy atom. The summed E-state index contributed by atoms with van der Waals surface area (Å²) < 4.78 is 33.0. The maximum atomic E-state index is 12.9. The number of alkyl halides is 1.